The van der Waals surface area contributed by atoms with Crippen LogP contribution in [0.2, 0.25) is 0 Å². The van der Waals surface area contributed by atoms with Gasteiger partial charge in [0.15, 0.2) is 0 Å². The standard InChI is InChI=1S/C16H28N4/c1-3-13-6-4-7-14(10-9-13)17-12(2)16-19-18-15-8-5-11-20(15)16/h12-14,17H,3-11H2,1-2H3. The maximum atomic E-state index is 4.41. The van der Waals surface area contributed by atoms with E-state index in [0.717, 1.165) is 24.7 Å². The zero-order chi connectivity index (χ0) is 13.9. The molecule has 0 spiro atoms. The number of aryl methyl sites for hydroxylation is 1. The van der Waals surface area contributed by atoms with E-state index in [4.69, 9.17) is 0 Å². The molecule has 0 bridgehead atoms. The van der Waals surface area contributed by atoms with E-state index in [1.165, 1.54) is 50.8 Å². The molecule has 0 radical (unpaired) electrons. The van der Waals surface area contributed by atoms with E-state index in [1.807, 2.05) is 0 Å². The predicted molar refractivity (Wildman–Crippen MR) is 80.5 cm³/mol. The Morgan fingerprint density at radius 1 is 1.20 bits per heavy atom. The maximum absolute atomic E-state index is 4.41. The summed E-state index contributed by atoms with van der Waals surface area (Å²) in [6, 6.07) is 0.994. The highest BCUT2D eigenvalue weighted by molar-refractivity contribution is 5.04. The summed E-state index contributed by atoms with van der Waals surface area (Å²) in [4.78, 5) is 0. The van der Waals surface area contributed by atoms with E-state index in [9.17, 15) is 0 Å². The largest absolute Gasteiger partial charge is 0.314 e. The van der Waals surface area contributed by atoms with E-state index < -0.39 is 0 Å². The molecule has 1 aliphatic heterocycles. The van der Waals surface area contributed by atoms with Gasteiger partial charge in [-0.05, 0) is 38.5 Å². The van der Waals surface area contributed by atoms with Crippen molar-refractivity contribution in [3.8, 4) is 0 Å². The van der Waals surface area contributed by atoms with Gasteiger partial charge in [-0.3, -0.25) is 0 Å². The van der Waals surface area contributed by atoms with E-state index in [-0.39, 0.29) is 0 Å². The Morgan fingerprint density at radius 2 is 2.10 bits per heavy atom. The average Bonchev–Trinajstić information content (AvgIpc) is 2.97. The molecule has 3 atom stereocenters. The van der Waals surface area contributed by atoms with Crippen molar-refractivity contribution in [1.29, 1.82) is 0 Å². The normalized spacial score (nSPS) is 28.1. The van der Waals surface area contributed by atoms with Gasteiger partial charge in [0.05, 0.1) is 6.04 Å². The molecule has 20 heavy (non-hydrogen) atoms. The zero-order valence-electron chi connectivity index (χ0n) is 12.9. The van der Waals surface area contributed by atoms with Crippen molar-refractivity contribution >= 4 is 0 Å². The van der Waals surface area contributed by atoms with Gasteiger partial charge in [-0.2, -0.15) is 0 Å². The number of aromatic nitrogens is 3. The molecule has 2 heterocycles. The highest BCUT2D eigenvalue weighted by Gasteiger charge is 2.24. The number of fused-ring (bicyclic) bond motifs is 1. The third kappa shape index (κ3) is 2.90. The van der Waals surface area contributed by atoms with Crippen molar-refractivity contribution < 1.29 is 0 Å². The molecule has 0 amide bonds. The monoisotopic (exact) mass is 276 g/mol. The first kappa shape index (κ1) is 14.1. The molecule has 1 saturated carbocycles. The molecule has 1 aromatic rings. The SMILES string of the molecule is CCC1CCCC(NC(C)c2nnc3n2CCC3)CC1. The summed E-state index contributed by atoms with van der Waals surface area (Å²) in [6.45, 7) is 5.69. The Hall–Kier alpha value is -0.900. The Morgan fingerprint density at radius 3 is 2.95 bits per heavy atom. The molecule has 3 unspecified atom stereocenters. The second-order valence-electron chi connectivity index (χ2n) is 6.60. The molecule has 0 aromatic carbocycles. The van der Waals surface area contributed by atoms with Gasteiger partial charge in [0, 0.05) is 19.0 Å². The Bertz CT molecular complexity index is 440. The van der Waals surface area contributed by atoms with Crippen molar-refractivity contribution in [3.63, 3.8) is 0 Å². The van der Waals surface area contributed by atoms with Crippen molar-refractivity contribution in [2.24, 2.45) is 5.92 Å². The molecular weight excluding hydrogens is 248 g/mol. The summed E-state index contributed by atoms with van der Waals surface area (Å²) < 4.78 is 2.32. The van der Waals surface area contributed by atoms with Gasteiger partial charge in [0.2, 0.25) is 0 Å². The van der Waals surface area contributed by atoms with Crippen LogP contribution in [-0.2, 0) is 13.0 Å². The lowest BCUT2D eigenvalue weighted by molar-refractivity contribution is 0.386. The highest BCUT2D eigenvalue weighted by Crippen LogP contribution is 2.27. The van der Waals surface area contributed by atoms with E-state index in [1.54, 1.807) is 0 Å². The van der Waals surface area contributed by atoms with Crippen LogP contribution in [0.1, 0.15) is 76.5 Å². The first-order valence-corrected chi connectivity index (χ1v) is 8.46. The van der Waals surface area contributed by atoms with Gasteiger partial charge in [0.1, 0.15) is 11.6 Å². The van der Waals surface area contributed by atoms with Gasteiger partial charge in [-0.15, -0.1) is 10.2 Å². The van der Waals surface area contributed by atoms with Gasteiger partial charge in [-0.1, -0.05) is 26.2 Å². The molecular formula is C16H28N4. The van der Waals surface area contributed by atoms with Crippen molar-refractivity contribution in [1.82, 2.24) is 20.1 Å². The van der Waals surface area contributed by atoms with Crippen LogP contribution in [0.25, 0.3) is 0 Å². The van der Waals surface area contributed by atoms with Crippen LogP contribution in [0, 0.1) is 5.92 Å². The lowest BCUT2D eigenvalue weighted by Gasteiger charge is -2.22. The van der Waals surface area contributed by atoms with Crippen LogP contribution in [0.3, 0.4) is 0 Å². The van der Waals surface area contributed by atoms with E-state index in [2.05, 4.69) is 33.9 Å². The fourth-order valence-corrected chi connectivity index (χ4v) is 3.87. The Labute approximate surface area is 122 Å². The Balaban J connectivity index is 1.59. The third-order valence-electron chi connectivity index (χ3n) is 5.18. The minimum atomic E-state index is 0.331. The first-order chi connectivity index (χ1) is 9.78. The summed E-state index contributed by atoms with van der Waals surface area (Å²) in [5.74, 6) is 3.28. The van der Waals surface area contributed by atoms with Gasteiger partial charge < -0.3 is 9.88 Å². The zero-order valence-corrected chi connectivity index (χ0v) is 12.9. The predicted octanol–water partition coefficient (Wildman–Crippen LogP) is 3.23. The van der Waals surface area contributed by atoms with E-state index >= 15 is 0 Å². The lowest BCUT2D eigenvalue weighted by Crippen LogP contribution is -2.32. The number of rotatable bonds is 4. The fraction of sp³-hybridized carbons (Fsp3) is 0.875. The minimum absolute atomic E-state index is 0.331. The minimum Gasteiger partial charge on any atom is -0.314 e. The molecule has 0 saturated heterocycles. The average molecular weight is 276 g/mol. The van der Waals surface area contributed by atoms with Crippen molar-refractivity contribution in [2.45, 2.75) is 83.8 Å². The quantitative estimate of drug-likeness (QED) is 0.859. The van der Waals surface area contributed by atoms with Crippen LogP contribution in [0.5, 0.6) is 0 Å². The number of hydrogen-bond donors (Lipinski definition) is 1. The first-order valence-electron chi connectivity index (χ1n) is 8.46. The molecule has 1 aliphatic carbocycles. The second-order valence-corrected chi connectivity index (χ2v) is 6.60. The van der Waals surface area contributed by atoms with Crippen LogP contribution < -0.4 is 5.32 Å². The topological polar surface area (TPSA) is 42.7 Å². The summed E-state index contributed by atoms with van der Waals surface area (Å²) in [5, 5.41) is 12.5. The van der Waals surface area contributed by atoms with Crippen LogP contribution >= 0.6 is 0 Å². The molecule has 1 N–H and O–H groups in total. The molecule has 4 heteroatoms. The Kier molecular flexibility index (Phi) is 4.39. The fourth-order valence-electron chi connectivity index (χ4n) is 3.87. The smallest absolute Gasteiger partial charge is 0.149 e. The molecule has 112 valence electrons. The van der Waals surface area contributed by atoms with Gasteiger partial charge in [-0.25, -0.2) is 0 Å². The number of nitrogens with one attached hydrogen (secondary N) is 1. The summed E-state index contributed by atoms with van der Waals surface area (Å²) in [5.41, 5.74) is 0. The van der Waals surface area contributed by atoms with Crippen molar-refractivity contribution in [3.05, 3.63) is 11.6 Å². The van der Waals surface area contributed by atoms with Crippen LogP contribution in [-0.4, -0.2) is 20.8 Å². The lowest BCUT2D eigenvalue weighted by atomic mass is 9.98. The molecule has 4 nitrogen and oxygen atoms in total. The molecule has 2 aliphatic rings. The summed E-state index contributed by atoms with van der Waals surface area (Å²) in [7, 11) is 0. The summed E-state index contributed by atoms with van der Waals surface area (Å²) >= 11 is 0. The van der Waals surface area contributed by atoms with Crippen molar-refractivity contribution in [2.75, 3.05) is 0 Å². The highest BCUT2D eigenvalue weighted by atomic mass is 15.3. The van der Waals surface area contributed by atoms with Gasteiger partial charge >= 0.3 is 0 Å². The van der Waals surface area contributed by atoms with Crippen LogP contribution in [0.15, 0.2) is 0 Å². The number of nitrogens with zero attached hydrogens (tertiary/aromatic N) is 3. The maximum Gasteiger partial charge on any atom is 0.149 e. The third-order valence-corrected chi connectivity index (χ3v) is 5.18. The van der Waals surface area contributed by atoms with Crippen LogP contribution in [0.4, 0.5) is 0 Å². The second kappa shape index (κ2) is 6.25. The van der Waals surface area contributed by atoms with E-state index in [0.29, 0.717) is 12.1 Å². The number of hydrogen-bond acceptors (Lipinski definition) is 3. The van der Waals surface area contributed by atoms with Gasteiger partial charge in [0.25, 0.3) is 0 Å². The molecule has 1 aromatic heterocycles. The molecule has 3 rings (SSSR count). The summed E-state index contributed by atoms with van der Waals surface area (Å²) in [6.07, 6.45) is 10.5. The molecule has 1 fully saturated rings.